The van der Waals surface area contributed by atoms with E-state index < -0.39 is 5.67 Å². The van der Waals surface area contributed by atoms with Gasteiger partial charge >= 0.3 is 0 Å². The SMILES string of the molecule is O=C(CC1CC1)N1CCCC(F)(c2nc(C3CC3)no2)C1. The van der Waals surface area contributed by atoms with Crippen LogP contribution in [0.1, 0.15) is 62.6 Å². The molecule has 2 heterocycles. The van der Waals surface area contributed by atoms with Crippen molar-refractivity contribution in [3.8, 4) is 0 Å². The number of hydrogen-bond acceptors (Lipinski definition) is 4. The third-order valence-electron chi connectivity index (χ3n) is 4.72. The molecule has 114 valence electrons. The Labute approximate surface area is 122 Å². The van der Waals surface area contributed by atoms with Crippen molar-refractivity contribution >= 4 is 5.91 Å². The number of carbonyl (C=O) groups excluding carboxylic acids is 1. The van der Waals surface area contributed by atoms with Gasteiger partial charge in [0.1, 0.15) is 0 Å². The van der Waals surface area contributed by atoms with Crippen LogP contribution in [0, 0.1) is 5.92 Å². The summed E-state index contributed by atoms with van der Waals surface area (Å²) in [5.41, 5.74) is -1.67. The smallest absolute Gasteiger partial charge is 0.266 e. The predicted molar refractivity (Wildman–Crippen MR) is 72.2 cm³/mol. The first-order valence-corrected chi connectivity index (χ1v) is 7.95. The second-order valence-corrected chi connectivity index (χ2v) is 6.76. The third kappa shape index (κ3) is 2.68. The van der Waals surface area contributed by atoms with E-state index in [2.05, 4.69) is 10.1 Å². The molecular weight excluding hydrogens is 273 g/mol. The molecule has 21 heavy (non-hydrogen) atoms. The van der Waals surface area contributed by atoms with Crippen molar-refractivity contribution in [1.82, 2.24) is 15.0 Å². The molecule has 1 aromatic rings. The third-order valence-corrected chi connectivity index (χ3v) is 4.72. The zero-order valence-corrected chi connectivity index (χ0v) is 12.1. The number of aromatic nitrogens is 2. The highest BCUT2D eigenvalue weighted by Crippen LogP contribution is 2.41. The van der Waals surface area contributed by atoms with Crippen molar-refractivity contribution in [3.05, 3.63) is 11.7 Å². The fraction of sp³-hybridized carbons (Fsp3) is 0.800. The first-order chi connectivity index (χ1) is 10.1. The van der Waals surface area contributed by atoms with E-state index in [0.29, 0.717) is 43.5 Å². The zero-order valence-electron chi connectivity index (χ0n) is 12.1. The van der Waals surface area contributed by atoms with E-state index in [1.807, 2.05) is 0 Å². The van der Waals surface area contributed by atoms with Crippen molar-refractivity contribution in [2.24, 2.45) is 5.92 Å². The van der Waals surface area contributed by atoms with Crippen LogP contribution >= 0.6 is 0 Å². The Balaban J connectivity index is 1.47. The molecule has 1 saturated heterocycles. The van der Waals surface area contributed by atoms with E-state index >= 15 is 4.39 Å². The maximum atomic E-state index is 15.2. The van der Waals surface area contributed by atoms with Crippen LogP contribution in [-0.2, 0) is 10.5 Å². The van der Waals surface area contributed by atoms with Gasteiger partial charge in [0.2, 0.25) is 11.6 Å². The van der Waals surface area contributed by atoms with Gasteiger partial charge in [0.25, 0.3) is 5.89 Å². The first-order valence-electron chi connectivity index (χ1n) is 7.95. The van der Waals surface area contributed by atoms with Gasteiger partial charge in [0.05, 0.1) is 6.54 Å². The normalized spacial score (nSPS) is 29.7. The molecule has 1 aliphatic heterocycles. The lowest BCUT2D eigenvalue weighted by molar-refractivity contribution is -0.136. The van der Waals surface area contributed by atoms with Crippen LogP contribution in [0.3, 0.4) is 0 Å². The Hall–Kier alpha value is -1.46. The fourth-order valence-corrected chi connectivity index (χ4v) is 3.02. The summed E-state index contributed by atoms with van der Waals surface area (Å²) >= 11 is 0. The second kappa shape index (κ2) is 4.78. The molecule has 1 aromatic heterocycles. The van der Waals surface area contributed by atoms with Gasteiger partial charge in [0, 0.05) is 18.9 Å². The fourth-order valence-electron chi connectivity index (χ4n) is 3.02. The number of halogens is 1. The lowest BCUT2D eigenvalue weighted by Crippen LogP contribution is -2.46. The Morgan fingerprint density at radius 2 is 2.19 bits per heavy atom. The molecule has 2 aliphatic carbocycles. The van der Waals surface area contributed by atoms with Crippen LogP contribution < -0.4 is 0 Å². The number of carbonyl (C=O) groups is 1. The standard InChI is InChI=1S/C15H20FN3O2/c16-15(14-17-13(18-21-14)11-4-5-11)6-1-7-19(9-15)12(20)8-10-2-3-10/h10-11H,1-9H2. The molecule has 0 radical (unpaired) electrons. The van der Waals surface area contributed by atoms with Gasteiger partial charge in [0.15, 0.2) is 5.82 Å². The quantitative estimate of drug-likeness (QED) is 0.856. The molecule has 2 saturated carbocycles. The van der Waals surface area contributed by atoms with Gasteiger partial charge in [-0.05, 0) is 44.4 Å². The average molecular weight is 293 g/mol. The van der Waals surface area contributed by atoms with Crippen LogP contribution in [0.5, 0.6) is 0 Å². The molecule has 1 unspecified atom stereocenters. The average Bonchev–Trinajstić information content (AvgIpc) is 3.40. The predicted octanol–water partition coefficient (Wildman–Crippen LogP) is 2.53. The summed E-state index contributed by atoms with van der Waals surface area (Å²) < 4.78 is 20.3. The van der Waals surface area contributed by atoms with Crippen molar-refractivity contribution in [2.45, 2.75) is 56.5 Å². The van der Waals surface area contributed by atoms with Gasteiger partial charge in [-0.25, -0.2) is 4.39 Å². The lowest BCUT2D eigenvalue weighted by Gasteiger charge is -2.35. The number of alkyl halides is 1. The molecule has 0 N–H and O–H groups in total. The minimum atomic E-state index is -1.67. The highest BCUT2D eigenvalue weighted by atomic mass is 19.1. The van der Waals surface area contributed by atoms with Crippen LogP contribution in [0.15, 0.2) is 4.52 Å². The monoisotopic (exact) mass is 293 g/mol. The van der Waals surface area contributed by atoms with E-state index in [1.165, 1.54) is 0 Å². The number of rotatable bonds is 4. The molecule has 6 heteroatoms. The summed E-state index contributed by atoms with van der Waals surface area (Å²) in [5, 5.41) is 3.90. The summed E-state index contributed by atoms with van der Waals surface area (Å²) in [6, 6.07) is 0. The van der Waals surface area contributed by atoms with E-state index in [4.69, 9.17) is 4.52 Å². The van der Waals surface area contributed by atoms with Crippen LogP contribution in [-0.4, -0.2) is 34.0 Å². The summed E-state index contributed by atoms with van der Waals surface area (Å²) in [6.45, 7) is 0.700. The number of piperidine rings is 1. The molecule has 4 rings (SSSR count). The van der Waals surface area contributed by atoms with Crippen LogP contribution in [0.4, 0.5) is 4.39 Å². The molecule has 3 aliphatic rings. The summed E-state index contributed by atoms with van der Waals surface area (Å²) in [6.07, 6.45) is 5.95. The van der Waals surface area contributed by atoms with E-state index in [-0.39, 0.29) is 18.3 Å². The molecule has 0 aromatic carbocycles. The van der Waals surface area contributed by atoms with Gasteiger partial charge < -0.3 is 9.42 Å². The molecular formula is C15H20FN3O2. The van der Waals surface area contributed by atoms with Gasteiger partial charge in [-0.3, -0.25) is 4.79 Å². The molecule has 1 atom stereocenters. The highest BCUT2D eigenvalue weighted by molar-refractivity contribution is 5.77. The van der Waals surface area contributed by atoms with Crippen molar-refractivity contribution in [1.29, 1.82) is 0 Å². The Bertz CT molecular complexity index is 553. The Morgan fingerprint density at radius 3 is 2.90 bits per heavy atom. The topological polar surface area (TPSA) is 59.2 Å². The maximum Gasteiger partial charge on any atom is 0.266 e. The minimum absolute atomic E-state index is 0.0604. The lowest BCUT2D eigenvalue weighted by atomic mass is 9.94. The maximum absolute atomic E-state index is 15.2. The van der Waals surface area contributed by atoms with E-state index in [9.17, 15) is 4.79 Å². The van der Waals surface area contributed by atoms with Gasteiger partial charge in [-0.15, -0.1) is 0 Å². The van der Waals surface area contributed by atoms with E-state index in [1.54, 1.807) is 4.90 Å². The zero-order chi connectivity index (χ0) is 14.4. The number of amides is 1. The summed E-state index contributed by atoms with van der Waals surface area (Å²) in [7, 11) is 0. The highest BCUT2D eigenvalue weighted by Gasteiger charge is 2.45. The van der Waals surface area contributed by atoms with Gasteiger partial charge in [-0.1, -0.05) is 5.16 Å². The van der Waals surface area contributed by atoms with Crippen molar-refractivity contribution in [2.75, 3.05) is 13.1 Å². The molecule has 5 nitrogen and oxygen atoms in total. The molecule has 0 bridgehead atoms. The van der Waals surface area contributed by atoms with Crippen LogP contribution in [0.25, 0.3) is 0 Å². The number of likely N-dealkylation sites (tertiary alicyclic amines) is 1. The number of hydrogen-bond donors (Lipinski definition) is 0. The molecule has 1 amide bonds. The first kappa shape index (κ1) is 13.2. The summed E-state index contributed by atoms with van der Waals surface area (Å²) in [4.78, 5) is 18.1. The van der Waals surface area contributed by atoms with Crippen molar-refractivity contribution < 1.29 is 13.7 Å². The van der Waals surface area contributed by atoms with Gasteiger partial charge in [-0.2, -0.15) is 4.98 Å². The Morgan fingerprint density at radius 1 is 1.38 bits per heavy atom. The second-order valence-electron chi connectivity index (χ2n) is 6.76. The largest absolute Gasteiger partial charge is 0.339 e. The Kier molecular flexibility index (Phi) is 3.01. The van der Waals surface area contributed by atoms with Crippen molar-refractivity contribution in [3.63, 3.8) is 0 Å². The van der Waals surface area contributed by atoms with E-state index in [0.717, 1.165) is 25.7 Å². The minimum Gasteiger partial charge on any atom is -0.339 e. The molecule has 3 fully saturated rings. The van der Waals surface area contributed by atoms with Crippen LogP contribution in [0.2, 0.25) is 0 Å². The molecule has 0 spiro atoms. The number of nitrogens with zero attached hydrogens (tertiary/aromatic N) is 3. The summed E-state index contributed by atoms with van der Waals surface area (Å²) in [5.74, 6) is 1.64.